The van der Waals surface area contributed by atoms with Gasteiger partial charge in [0, 0.05) is 5.25 Å². The van der Waals surface area contributed by atoms with E-state index < -0.39 is 0 Å². The van der Waals surface area contributed by atoms with E-state index >= 15 is 0 Å². The molecule has 0 spiro atoms. The topological polar surface area (TPSA) is 12.0 Å². The minimum atomic E-state index is -0.121. The van der Waals surface area contributed by atoms with Gasteiger partial charge in [-0.3, -0.25) is 0 Å². The van der Waals surface area contributed by atoms with Gasteiger partial charge in [-0.25, -0.2) is 4.39 Å². The highest BCUT2D eigenvalue weighted by Crippen LogP contribution is 2.21. The van der Waals surface area contributed by atoms with E-state index in [1.165, 1.54) is 18.9 Å². The minimum Gasteiger partial charge on any atom is -0.317 e. The molecule has 2 rings (SSSR count). The fraction of sp³-hybridized carbons (Fsp3) is 0.538. The number of thioether (sulfide) groups is 1. The Morgan fingerprint density at radius 2 is 2.12 bits per heavy atom. The highest BCUT2D eigenvalue weighted by molar-refractivity contribution is 7.99. The van der Waals surface area contributed by atoms with Gasteiger partial charge >= 0.3 is 0 Å². The van der Waals surface area contributed by atoms with E-state index in [1.54, 1.807) is 12.1 Å². The first-order valence-corrected chi connectivity index (χ1v) is 6.96. The van der Waals surface area contributed by atoms with E-state index in [9.17, 15) is 4.39 Å². The SMILES string of the molecule is Fc1cccc(CCSC2CCNCC2)c1. The fourth-order valence-electron chi connectivity index (χ4n) is 2.00. The maximum atomic E-state index is 12.9. The van der Waals surface area contributed by atoms with Crippen LogP contribution in [0.4, 0.5) is 4.39 Å². The van der Waals surface area contributed by atoms with Gasteiger partial charge < -0.3 is 5.32 Å². The molecule has 1 saturated heterocycles. The van der Waals surface area contributed by atoms with Crippen LogP contribution in [0.15, 0.2) is 24.3 Å². The lowest BCUT2D eigenvalue weighted by Gasteiger charge is -2.21. The third-order valence-corrected chi connectivity index (χ3v) is 4.30. The largest absolute Gasteiger partial charge is 0.317 e. The molecule has 1 nitrogen and oxygen atoms in total. The van der Waals surface area contributed by atoms with Gasteiger partial charge in [0.1, 0.15) is 5.82 Å². The van der Waals surface area contributed by atoms with Crippen molar-refractivity contribution in [3.63, 3.8) is 0 Å². The highest BCUT2D eigenvalue weighted by Gasteiger charge is 2.12. The van der Waals surface area contributed by atoms with Crippen LogP contribution in [0, 0.1) is 5.82 Å². The lowest BCUT2D eigenvalue weighted by molar-refractivity contribution is 0.531. The van der Waals surface area contributed by atoms with Gasteiger partial charge in [-0.2, -0.15) is 11.8 Å². The van der Waals surface area contributed by atoms with Crippen LogP contribution < -0.4 is 5.32 Å². The number of halogens is 1. The Balaban J connectivity index is 1.71. The Bertz CT molecular complexity index is 323. The smallest absolute Gasteiger partial charge is 0.123 e. The monoisotopic (exact) mass is 239 g/mol. The normalized spacial score (nSPS) is 17.6. The molecule has 1 N–H and O–H groups in total. The zero-order valence-corrected chi connectivity index (χ0v) is 10.2. The highest BCUT2D eigenvalue weighted by atomic mass is 32.2. The van der Waals surface area contributed by atoms with Crippen molar-refractivity contribution in [3.8, 4) is 0 Å². The third kappa shape index (κ3) is 3.80. The summed E-state index contributed by atoms with van der Waals surface area (Å²) < 4.78 is 12.9. The van der Waals surface area contributed by atoms with Gasteiger partial charge in [0.2, 0.25) is 0 Å². The number of rotatable bonds is 4. The van der Waals surface area contributed by atoms with Crippen LogP contribution in [-0.2, 0) is 6.42 Å². The van der Waals surface area contributed by atoms with Crippen LogP contribution in [-0.4, -0.2) is 24.1 Å². The summed E-state index contributed by atoms with van der Waals surface area (Å²) in [6, 6.07) is 6.94. The van der Waals surface area contributed by atoms with Gasteiger partial charge in [-0.05, 0) is 55.8 Å². The molecule has 1 aliphatic heterocycles. The van der Waals surface area contributed by atoms with Crippen molar-refractivity contribution in [3.05, 3.63) is 35.6 Å². The second kappa shape index (κ2) is 6.26. The average molecular weight is 239 g/mol. The summed E-state index contributed by atoms with van der Waals surface area (Å²) >= 11 is 2.04. The van der Waals surface area contributed by atoms with Crippen molar-refractivity contribution >= 4 is 11.8 Å². The van der Waals surface area contributed by atoms with Gasteiger partial charge in [0.25, 0.3) is 0 Å². The molecule has 1 aromatic carbocycles. The molecule has 0 amide bonds. The van der Waals surface area contributed by atoms with E-state index in [2.05, 4.69) is 5.32 Å². The number of benzene rings is 1. The second-order valence-electron chi connectivity index (χ2n) is 4.20. The quantitative estimate of drug-likeness (QED) is 0.867. The average Bonchev–Trinajstić information content (AvgIpc) is 2.30. The van der Waals surface area contributed by atoms with Crippen LogP contribution in [0.2, 0.25) is 0 Å². The minimum absolute atomic E-state index is 0.121. The Hall–Kier alpha value is -0.540. The van der Waals surface area contributed by atoms with E-state index in [-0.39, 0.29) is 5.82 Å². The molecule has 1 aliphatic rings. The molecular formula is C13H18FNS. The van der Waals surface area contributed by atoms with E-state index in [0.717, 1.165) is 36.1 Å². The Labute approximate surface area is 101 Å². The maximum absolute atomic E-state index is 12.9. The molecule has 0 aromatic heterocycles. The first-order chi connectivity index (χ1) is 7.84. The first kappa shape index (κ1) is 11.9. The molecule has 0 bridgehead atoms. The molecule has 88 valence electrons. The Morgan fingerprint density at radius 3 is 2.88 bits per heavy atom. The van der Waals surface area contributed by atoms with Gasteiger partial charge in [0.05, 0.1) is 0 Å². The number of piperidine rings is 1. The van der Waals surface area contributed by atoms with E-state index in [4.69, 9.17) is 0 Å². The van der Waals surface area contributed by atoms with Crippen LogP contribution in [0.1, 0.15) is 18.4 Å². The van der Waals surface area contributed by atoms with Crippen molar-refractivity contribution in [1.82, 2.24) is 5.32 Å². The Kier molecular flexibility index (Phi) is 4.67. The number of hydrogen-bond acceptors (Lipinski definition) is 2. The summed E-state index contributed by atoms with van der Waals surface area (Å²) in [5.74, 6) is 0.984. The van der Waals surface area contributed by atoms with Gasteiger partial charge in [0.15, 0.2) is 0 Å². The Morgan fingerprint density at radius 1 is 1.31 bits per heavy atom. The van der Waals surface area contributed by atoms with Crippen LogP contribution in [0.25, 0.3) is 0 Å². The lowest BCUT2D eigenvalue weighted by atomic mass is 10.2. The summed E-state index contributed by atoms with van der Waals surface area (Å²) in [7, 11) is 0. The zero-order chi connectivity index (χ0) is 11.2. The molecule has 0 unspecified atom stereocenters. The standard InChI is InChI=1S/C13H18FNS/c14-12-3-1-2-11(10-12)6-9-16-13-4-7-15-8-5-13/h1-3,10,13,15H,4-9H2. The van der Waals surface area contributed by atoms with E-state index in [0.29, 0.717) is 0 Å². The van der Waals surface area contributed by atoms with Crippen LogP contribution in [0.3, 0.4) is 0 Å². The van der Waals surface area contributed by atoms with Crippen LogP contribution in [0.5, 0.6) is 0 Å². The van der Waals surface area contributed by atoms with Crippen molar-refractivity contribution in [2.45, 2.75) is 24.5 Å². The summed E-state index contributed by atoms with van der Waals surface area (Å²) in [5, 5.41) is 4.17. The molecule has 3 heteroatoms. The van der Waals surface area contributed by atoms with E-state index in [1.807, 2.05) is 17.8 Å². The first-order valence-electron chi connectivity index (χ1n) is 5.91. The molecule has 0 atom stereocenters. The van der Waals surface area contributed by atoms with Crippen molar-refractivity contribution in [2.75, 3.05) is 18.8 Å². The molecule has 16 heavy (non-hydrogen) atoms. The van der Waals surface area contributed by atoms with Crippen molar-refractivity contribution in [1.29, 1.82) is 0 Å². The molecule has 0 saturated carbocycles. The molecule has 1 fully saturated rings. The van der Waals surface area contributed by atoms with Crippen molar-refractivity contribution in [2.24, 2.45) is 0 Å². The molecule has 0 radical (unpaired) electrons. The fourth-order valence-corrected chi connectivity index (χ4v) is 3.25. The van der Waals surface area contributed by atoms with Gasteiger partial charge in [-0.15, -0.1) is 0 Å². The summed E-state index contributed by atoms with van der Waals surface area (Å²) in [6.07, 6.45) is 3.52. The number of nitrogens with one attached hydrogen (secondary N) is 1. The molecule has 1 aromatic rings. The molecule has 1 heterocycles. The lowest BCUT2D eigenvalue weighted by Crippen LogP contribution is -2.29. The second-order valence-corrected chi connectivity index (χ2v) is 5.61. The van der Waals surface area contributed by atoms with Gasteiger partial charge in [-0.1, -0.05) is 12.1 Å². The summed E-state index contributed by atoms with van der Waals surface area (Å²) in [6.45, 7) is 2.30. The molecular weight excluding hydrogens is 221 g/mol. The predicted molar refractivity (Wildman–Crippen MR) is 68.5 cm³/mol. The number of hydrogen-bond donors (Lipinski definition) is 1. The zero-order valence-electron chi connectivity index (χ0n) is 9.42. The predicted octanol–water partition coefficient (Wildman–Crippen LogP) is 2.85. The van der Waals surface area contributed by atoms with Crippen molar-refractivity contribution < 1.29 is 4.39 Å². The van der Waals surface area contributed by atoms with Crippen LogP contribution >= 0.6 is 11.8 Å². The molecule has 0 aliphatic carbocycles. The third-order valence-electron chi connectivity index (χ3n) is 2.92. The number of aryl methyl sites for hydroxylation is 1. The summed E-state index contributed by atoms with van der Waals surface area (Å²) in [4.78, 5) is 0. The summed E-state index contributed by atoms with van der Waals surface area (Å²) in [5.41, 5.74) is 1.11. The maximum Gasteiger partial charge on any atom is 0.123 e.